The molecule has 0 bridgehead atoms. The number of halogens is 2. The first-order valence-corrected chi connectivity index (χ1v) is 7.17. The van der Waals surface area contributed by atoms with Crippen molar-refractivity contribution in [3.05, 3.63) is 11.6 Å². The Labute approximate surface area is 101 Å². The van der Waals surface area contributed by atoms with Crippen molar-refractivity contribution in [1.82, 2.24) is 0 Å². The zero-order valence-corrected chi connectivity index (χ0v) is 11.4. The summed E-state index contributed by atoms with van der Waals surface area (Å²) in [6.45, 7) is 1.98. The van der Waals surface area contributed by atoms with Gasteiger partial charge in [-0.25, -0.2) is 0 Å². The van der Waals surface area contributed by atoms with Crippen LogP contribution in [-0.4, -0.2) is 11.1 Å². The van der Waals surface area contributed by atoms with E-state index < -0.39 is 0 Å². The Hall–Kier alpha value is 0.400. The van der Waals surface area contributed by atoms with Crippen molar-refractivity contribution in [2.75, 3.05) is 11.1 Å². The van der Waals surface area contributed by atoms with E-state index in [2.05, 4.69) is 35.6 Å². The monoisotopic (exact) mass is 312 g/mol. The van der Waals surface area contributed by atoms with Crippen LogP contribution >= 0.6 is 22.6 Å². The Morgan fingerprint density at radius 3 is 2.57 bits per heavy atom. The molecule has 0 heterocycles. The lowest BCUT2D eigenvalue weighted by atomic mass is 10.0. The number of alkyl halides is 2. The SMILES string of the molecule is CCC/C(=C\CCF)CCCCCI. The fourth-order valence-corrected chi connectivity index (χ4v) is 2.07. The van der Waals surface area contributed by atoms with Crippen LogP contribution in [0.2, 0.25) is 0 Å². The van der Waals surface area contributed by atoms with Crippen molar-refractivity contribution in [1.29, 1.82) is 0 Å². The summed E-state index contributed by atoms with van der Waals surface area (Å²) in [5, 5.41) is 0. The smallest absolute Gasteiger partial charge is 0.0928 e. The summed E-state index contributed by atoms with van der Waals surface area (Å²) in [6.07, 6.45) is 10.2. The van der Waals surface area contributed by atoms with Crippen LogP contribution in [0.25, 0.3) is 0 Å². The van der Waals surface area contributed by atoms with Gasteiger partial charge in [0.05, 0.1) is 6.67 Å². The van der Waals surface area contributed by atoms with Crippen LogP contribution in [0.1, 0.15) is 51.9 Å². The van der Waals surface area contributed by atoms with Crippen LogP contribution in [-0.2, 0) is 0 Å². The zero-order valence-electron chi connectivity index (χ0n) is 9.20. The first kappa shape index (κ1) is 14.4. The molecule has 0 radical (unpaired) electrons. The molecule has 14 heavy (non-hydrogen) atoms. The summed E-state index contributed by atoms with van der Waals surface area (Å²) in [4.78, 5) is 0. The summed E-state index contributed by atoms with van der Waals surface area (Å²) in [7, 11) is 0. The Morgan fingerprint density at radius 1 is 1.21 bits per heavy atom. The minimum Gasteiger partial charge on any atom is -0.251 e. The Balaban J connectivity index is 3.61. The quantitative estimate of drug-likeness (QED) is 0.241. The highest BCUT2D eigenvalue weighted by molar-refractivity contribution is 14.1. The molecule has 0 atom stereocenters. The molecule has 2 heteroatoms. The molecular weight excluding hydrogens is 290 g/mol. The molecule has 0 rings (SSSR count). The average Bonchev–Trinajstić information content (AvgIpc) is 2.20. The van der Waals surface area contributed by atoms with Crippen LogP contribution < -0.4 is 0 Å². The predicted molar refractivity (Wildman–Crippen MR) is 70.9 cm³/mol. The van der Waals surface area contributed by atoms with Gasteiger partial charge in [0, 0.05) is 0 Å². The van der Waals surface area contributed by atoms with Gasteiger partial charge in [-0.1, -0.05) is 54.0 Å². The molecule has 0 amide bonds. The lowest BCUT2D eigenvalue weighted by Crippen LogP contribution is -1.87. The topological polar surface area (TPSA) is 0 Å². The molecule has 0 aliphatic heterocycles. The Kier molecular flexibility index (Phi) is 11.8. The first-order valence-electron chi connectivity index (χ1n) is 5.65. The van der Waals surface area contributed by atoms with Gasteiger partial charge >= 0.3 is 0 Å². The molecule has 0 fully saturated rings. The minimum absolute atomic E-state index is 0.207. The second-order valence-electron chi connectivity index (χ2n) is 3.59. The number of allylic oxidation sites excluding steroid dienone is 2. The van der Waals surface area contributed by atoms with E-state index in [1.54, 1.807) is 0 Å². The molecule has 0 N–H and O–H groups in total. The molecule has 84 valence electrons. The molecule has 0 aromatic rings. The summed E-state index contributed by atoms with van der Waals surface area (Å²) in [5.74, 6) is 0. The van der Waals surface area contributed by atoms with Gasteiger partial charge in [-0.3, -0.25) is 4.39 Å². The number of unbranched alkanes of at least 4 members (excludes halogenated alkanes) is 2. The maximum Gasteiger partial charge on any atom is 0.0928 e. The predicted octanol–water partition coefficient (Wildman–Crippen LogP) is 5.07. The van der Waals surface area contributed by atoms with Crippen molar-refractivity contribution >= 4 is 22.6 Å². The van der Waals surface area contributed by atoms with Crippen LogP contribution in [0.4, 0.5) is 4.39 Å². The summed E-state index contributed by atoms with van der Waals surface area (Å²) < 4.78 is 13.3. The molecule has 0 nitrogen and oxygen atoms in total. The maximum atomic E-state index is 12.0. The second kappa shape index (κ2) is 11.5. The fraction of sp³-hybridized carbons (Fsp3) is 0.833. The average molecular weight is 312 g/mol. The van der Waals surface area contributed by atoms with Crippen molar-refractivity contribution in [2.24, 2.45) is 0 Å². The lowest BCUT2D eigenvalue weighted by molar-refractivity contribution is 0.499. The van der Waals surface area contributed by atoms with Crippen molar-refractivity contribution in [3.63, 3.8) is 0 Å². The lowest BCUT2D eigenvalue weighted by Gasteiger charge is -2.05. The third-order valence-electron chi connectivity index (χ3n) is 2.24. The summed E-state index contributed by atoms with van der Waals surface area (Å²) in [5.41, 5.74) is 1.47. The molecule has 0 unspecified atom stereocenters. The van der Waals surface area contributed by atoms with Crippen molar-refractivity contribution in [3.8, 4) is 0 Å². The molecule has 0 aliphatic carbocycles. The van der Waals surface area contributed by atoms with Gasteiger partial charge in [-0.05, 0) is 36.5 Å². The van der Waals surface area contributed by atoms with E-state index >= 15 is 0 Å². The van der Waals surface area contributed by atoms with Crippen LogP contribution in [0, 0.1) is 0 Å². The molecule has 0 aromatic carbocycles. The van der Waals surface area contributed by atoms with Gasteiger partial charge in [0.25, 0.3) is 0 Å². The highest BCUT2D eigenvalue weighted by Crippen LogP contribution is 2.15. The first-order chi connectivity index (χ1) is 6.85. The standard InChI is InChI=1S/C12H22FI/c1-2-7-12(9-6-10-13)8-4-3-5-11-14/h9H,2-8,10-11H2,1H3/b12-9+. The summed E-state index contributed by atoms with van der Waals surface area (Å²) in [6, 6.07) is 0. The van der Waals surface area contributed by atoms with E-state index in [4.69, 9.17) is 0 Å². The molecular formula is C12H22FI. The van der Waals surface area contributed by atoms with Crippen molar-refractivity contribution in [2.45, 2.75) is 51.9 Å². The highest BCUT2D eigenvalue weighted by Gasteiger charge is 1.96. The zero-order chi connectivity index (χ0) is 10.6. The van der Waals surface area contributed by atoms with E-state index in [0.29, 0.717) is 6.42 Å². The van der Waals surface area contributed by atoms with Gasteiger partial charge in [-0.2, -0.15) is 0 Å². The van der Waals surface area contributed by atoms with E-state index in [-0.39, 0.29) is 6.67 Å². The molecule has 0 aromatic heterocycles. The van der Waals surface area contributed by atoms with Gasteiger partial charge in [0.1, 0.15) is 0 Å². The molecule has 0 saturated carbocycles. The Bertz CT molecular complexity index is 143. The third kappa shape index (κ3) is 8.97. The normalized spacial score (nSPS) is 12.1. The highest BCUT2D eigenvalue weighted by atomic mass is 127. The Morgan fingerprint density at radius 2 is 2.00 bits per heavy atom. The van der Waals surface area contributed by atoms with Gasteiger partial charge in [0.15, 0.2) is 0 Å². The van der Waals surface area contributed by atoms with E-state index in [1.165, 1.54) is 42.1 Å². The molecule has 0 saturated heterocycles. The molecule has 0 spiro atoms. The largest absolute Gasteiger partial charge is 0.251 e. The van der Waals surface area contributed by atoms with Crippen molar-refractivity contribution < 1.29 is 4.39 Å². The van der Waals surface area contributed by atoms with Crippen LogP contribution in [0.3, 0.4) is 0 Å². The van der Waals surface area contributed by atoms with Crippen LogP contribution in [0.5, 0.6) is 0 Å². The minimum atomic E-state index is -0.207. The fourth-order valence-electron chi connectivity index (χ4n) is 1.53. The number of hydrogen-bond acceptors (Lipinski definition) is 0. The number of hydrogen-bond donors (Lipinski definition) is 0. The van der Waals surface area contributed by atoms with Gasteiger partial charge < -0.3 is 0 Å². The van der Waals surface area contributed by atoms with Gasteiger partial charge in [-0.15, -0.1) is 0 Å². The van der Waals surface area contributed by atoms with Crippen LogP contribution in [0.15, 0.2) is 11.6 Å². The summed E-state index contributed by atoms with van der Waals surface area (Å²) >= 11 is 2.42. The van der Waals surface area contributed by atoms with E-state index in [0.717, 1.165) is 6.42 Å². The van der Waals surface area contributed by atoms with E-state index in [9.17, 15) is 4.39 Å². The maximum absolute atomic E-state index is 12.0. The third-order valence-corrected chi connectivity index (χ3v) is 3.01. The van der Waals surface area contributed by atoms with Gasteiger partial charge in [0.2, 0.25) is 0 Å². The number of rotatable bonds is 9. The van der Waals surface area contributed by atoms with E-state index in [1.807, 2.05) is 0 Å². The second-order valence-corrected chi connectivity index (χ2v) is 4.67. The molecule has 0 aliphatic rings.